The third-order valence-electron chi connectivity index (χ3n) is 7.25. The van der Waals surface area contributed by atoms with Crippen LogP contribution in [-0.4, -0.2) is 30.2 Å². The van der Waals surface area contributed by atoms with Gasteiger partial charge >= 0.3 is 0 Å². The van der Waals surface area contributed by atoms with Gasteiger partial charge in [0.25, 0.3) is 0 Å². The van der Waals surface area contributed by atoms with E-state index in [9.17, 15) is 4.79 Å². The summed E-state index contributed by atoms with van der Waals surface area (Å²) >= 11 is 0. The SMILES string of the molecule is CC(C)(C)c1ccc(-c2cc(C[C@@H]3CNCC[C@H]3CC(=O)NC3CCCCC3)no2)cc1. The highest BCUT2D eigenvalue weighted by Gasteiger charge is 2.29. The van der Waals surface area contributed by atoms with Crippen molar-refractivity contribution in [2.45, 2.75) is 83.6 Å². The average molecular weight is 438 g/mol. The predicted molar refractivity (Wildman–Crippen MR) is 128 cm³/mol. The molecule has 1 amide bonds. The third-order valence-corrected chi connectivity index (χ3v) is 7.25. The lowest BCUT2D eigenvalue weighted by molar-refractivity contribution is -0.123. The molecule has 1 aliphatic heterocycles. The maximum Gasteiger partial charge on any atom is 0.220 e. The maximum atomic E-state index is 12.7. The Morgan fingerprint density at radius 1 is 1.09 bits per heavy atom. The zero-order valence-corrected chi connectivity index (χ0v) is 20.0. The minimum absolute atomic E-state index is 0.136. The minimum atomic E-state index is 0.136. The summed E-state index contributed by atoms with van der Waals surface area (Å²) in [4.78, 5) is 12.7. The fourth-order valence-corrected chi connectivity index (χ4v) is 5.20. The molecule has 0 unspecified atom stereocenters. The summed E-state index contributed by atoms with van der Waals surface area (Å²) in [5, 5.41) is 11.2. The highest BCUT2D eigenvalue weighted by atomic mass is 16.5. The van der Waals surface area contributed by atoms with Gasteiger partial charge in [-0.1, -0.05) is 69.5 Å². The van der Waals surface area contributed by atoms with E-state index in [0.717, 1.165) is 55.8 Å². The molecule has 32 heavy (non-hydrogen) atoms. The molecule has 174 valence electrons. The molecule has 0 bridgehead atoms. The van der Waals surface area contributed by atoms with Crippen LogP contribution in [0.4, 0.5) is 0 Å². The number of piperidine rings is 1. The van der Waals surface area contributed by atoms with Crippen LogP contribution in [0.3, 0.4) is 0 Å². The van der Waals surface area contributed by atoms with Gasteiger partial charge in [0, 0.05) is 24.1 Å². The topological polar surface area (TPSA) is 67.2 Å². The second-order valence-corrected chi connectivity index (χ2v) is 10.8. The first-order valence-electron chi connectivity index (χ1n) is 12.4. The lowest BCUT2D eigenvalue weighted by Crippen LogP contribution is -2.42. The summed E-state index contributed by atoms with van der Waals surface area (Å²) in [7, 11) is 0. The van der Waals surface area contributed by atoms with Gasteiger partial charge < -0.3 is 15.2 Å². The molecular weight excluding hydrogens is 398 g/mol. The van der Waals surface area contributed by atoms with Crippen molar-refractivity contribution in [3.63, 3.8) is 0 Å². The van der Waals surface area contributed by atoms with Gasteiger partial charge in [-0.25, -0.2) is 0 Å². The molecule has 2 aromatic rings. The van der Waals surface area contributed by atoms with Crippen molar-refractivity contribution in [3.8, 4) is 11.3 Å². The number of benzene rings is 1. The molecule has 1 aromatic carbocycles. The van der Waals surface area contributed by atoms with Crippen molar-refractivity contribution in [1.29, 1.82) is 0 Å². The number of rotatable bonds is 6. The summed E-state index contributed by atoms with van der Waals surface area (Å²) in [5.41, 5.74) is 3.48. The second-order valence-electron chi connectivity index (χ2n) is 10.8. The van der Waals surface area contributed by atoms with Gasteiger partial charge in [-0.15, -0.1) is 0 Å². The zero-order chi connectivity index (χ0) is 22.6. The Hall–Kier alpha value is -2.14. The fraction of sp³-hybridized carbons (Fsp3) is 0.630. The molecule has 5 heteroatoms. The quantitative estimate of drug-likeness (QED) is 0.648. The van der Waals surface area contributed by atoms with E-state index in [1.54, 1.807) is 0 Å². The Balaban J connectivity index is 1.36. The molecular formula is C27H39N3O2. The van der Waals surface area contributed by atoms with Crippen molar-refractivity contribution in [2.24, 2.45) is 11.8 Å². The number of carbonyl (C=O) groups excluding carboxylic acids is 1. The van der Waals surface area contributed by atoms with E-state index in [-0.39, 0.29) is 11.3 Å². The van der Waals surface area contributed by atoms with Gasteiger partial charge in [-0.3, -0.25) is 4.79 Å². The van der Waals surface area contributed by atoms with Crippen LogP contribution in [0.5, 0.6) is 0 Å². The van der Waals surface area contributed by atoms with Crippen molar-refractivity contribution >= 4 is 5.91 Å². The molecule has 4 rings (SSSR count). The Bertz CT molecular complexity index is 875. The minimum Gasteiger partial charge on any atom is -0.356 e. The number of amides is 1. The standard InChI is InChI=1S/C27H39N3O2/c1-27(2,3)22-11-9-19(10-12-22)25-17-24(30-32-25)15-21-18-28-14-13-20(21)16-26(31)29-23-7-5-4-6-8-23/h9-12,17,20-21,23,28H,4-8,13-16,18H2,1-3H3,(H,29,31)/t20-,21+/m0/s1. The largest absolute Gasteiger partial charge is 0.356 e. The molecule has 1 saturated heterocycles. The summed E-state index contributed by atoms with van der Waals surface area (Å²) in [5.74, 6) is 1.84. The molecule has 1 saturated carbocycles. The van der Waals surface area contributed by atoms with Gasteiger partial charge in [0.05, 0.1) is 5.69 Å². The van der Waals surface area contributed by atoms with Crippen LogP contribution in [0.1, 0.15) is 77.0 Å². The highest BCUT2D eigenvalue weighted by Crippen LogP contribution is 2.30. The van der Waals surface area contributed by atoms with Gasteiger partial charge in [0.1, 0.15) is 0 Å². The lowest BCUT2D eigenvalue weighted by Gasteiger charge is -2.32. The number of nitrogens with one attached hydrogen (secondary N) is 2. The maximum absolute atomic E-state index is 12.7. The summed E-state index contributed by atoms with van der Waals surface area (Å²) in [6.07, 6.45) is 8.59. The van der Waals surface area contributed by atoms with E-state index in [2.05, 4.69) is 66.9 Å². The first-order valence-corrected chi connectivity index (χ1v) is 12.4. The van der Waals surface area contributed by atoms with E-state index in [4.69, 9.17) is 4.52 Å². The molecule has 0 radical (unpaired) electrons. The summed E-state index contributed by atoms with van der Waals surface area (Å²) in [6, 6.07) is 11.0. The van der Waals surface area contributed by atoms with E-state index in [0.29, 0.717) is 24.3 Å². The van der Waals surface area contributed by atoms with Crippen molar-refractivity contribution in [2.75, 3.05) is 13.1 Å². The molecule has 2 fully saturated rings. The van der Waals surface area contributed by atoms with Crippen LogP contribution in [0, 0.1) is 11.8 Å². The highest BCUT2D eigenvalue weighted by molar-refractivity contribution is 5.76. The van der Waals surface area contributed by atoms with Crippen molar-refractivity contribution < 1.29 is 9.32 Å². The predicted octanol–water partition coefficient (Wildman–Crippen LogP) is 5.25. The second kappa shape index (κ2) is 10.2. The van der Waals surface area contributed by atoms with Crippen molar-refractivity contribution in [3.05, 3.63) is 41.6 Å². The van der Waals surface area contributed by atoms with Crippen LogP contribution in [0.15, 0.2) is 34.9 Å². The molecule has 2 N–H and O–H groups in total. The van der Waals surface area contributed by atoms with E-state index >= 15 is 0 Å². The van der Waals surface area contributed by atoms with E-state index in [1.807, 2.05) is 0 Å². The Morgan fingerprint density at radius 2 is 1.84 bits per heavy atom. The zero-order valence-electron chi connectivity index (χ0n) is 20.0. The number of hydrogen-bond acceptors (Lipinski definition) is 4. The van der Waals surface area contributed by atoms with Crippen LogP contribution >= 0.6 is 0 Å². The molecule has 1 aliphatic carbocycles. The number of aromatic nitrogens is 1. The molecule has 5 nitrogen and oxygen atoms in total. The number of nitrogens with zero attached hydrogens (tertiary/aromatic N) is 1. The van der Waals surface area contributed by atoms with Gasteiger partial charge in [-0.2, -0.15) is 0 Å². The average Bonchev–Trinajstić information content (AvgIpc) is 3.24. The number of carbonyl (C=O) groups is 1. The van der Waals surface area contributed by atoms with Crippen LogP contribution in [0.25, 0.3) is 11.3 Å². The summed E-state index contributed by atoms with van der Waals surface area (Å²) < 4.78 is 5.68. The first kappa shape index (κ1) is 23.0. The van der Waals surface area contributed by atoms with Gasteiger partial charge in [-0.05, 0) is 61.6 Å². The van der Waals surface area contributed by atoms with Crippen LogP contribution < -0.4 is 10.6 Å². The van der Waals surface area contributed by atoms with Crippen molar-refractivity contribution in [1.82, 2.24) is 15.8 Å². The monoisotopic (exact) mass is 437 g/mol. The molecule has 0 spiro atoms. The molecule has 1 aromatic heterocycles. The van der Waals surface area contributed by atoms with Gasteiger partial charge in [0.15, 0.2) is 5.76 Å². The first-order chi connectivity index (χ1) is 15.4. The van der Waals surface area contributed by atoms with Gasteiger partial charge in [0.2, 0.25) is 5.91 Å². The normalized spacial score (nSPS) is 22.6. The number of hydrogen-bond donors (Lipinski definition) is 2. The molecule has 2 heterocycles. The Kier molecular flexibility index (Phi) is 7.34. The fourth-order valence-electron chi connectivity index (χ4n) is 5.20. The Morgan fingerprint density at radius 3 is 2.56 bits per heavy atom. The van der Waals surface area contributed by atoms with Crippen LogP contribution in [-0.2, 0) is 16.6 Å². The lowest BCUT2D eigenvalue weighted by atomic mass is 9.81. The summed E-state index contributed by atoms with van der Waals surface area (Å²) in [6.45, 7) is 8.59. The Labute approximate surface area is 192 Å². The van der Waals surface area contributed by atoms with E-state index < -0.39 is 0 Å². The molecule has 2 aliphatic rings. The van der Waals surface area contributed by atoms with E-state index in [1.165, 1.54) is 24.8 Å². The molecule has 2 atom stereocenters. The smallest absolute Gasteiger partial charge is 0.220 e. The third kappa shape index (κ3) is 6.00. The van der Waals surface area contributed by atoms with Crippen LogP contribution in [0.2, 0.25) is 0 Å².